The molecule has 0 aliphatic rings. The minimum atomic E-state index is -4.56. The molecule has 2 aromatic heterocycles. The molecule has 20 heavy (non-hydrogen) atoms. The van der Waals surface area contributed by atoms with Crippen LogP contribution in [0.15, 0.2) is 12.1 Å². The number of rotatable bonds is 2. The number of aryl methyl sites for hydroxylation is 2. The highest BCUT2D eigenvalue weighted by atomic mass is 32.1. The molecule has 2 aromatic rings. The number of thiocarbonyl (C=S) groups is 1. The van der Waals surface area contributed by atoms with Crippen molar-refractivity contribution in [2.24, 2.45) is 5.73 Å². The van der Waals surface area contributed by atoms with Crippen molar-refractivity contribution >= 4 is 17.2 Å². The Kier molecular flexibility index (Phi) is 3.46. The van der Waals surface area contributed by atoms with Gasteiger partial charge in [0.1, 0.15) is 22.3 Å². The van der Waals surface area contributed by atoms with Gasteiger partial charge in [-0.2, -0.15) is 17.9 Å². The van der Waals surface area contributed by atoms with Gasteiger partial charge in [-0.15, -0.1) is 5.10 Å². The molecule has 2 rings (SSSR count). The van der Waals surface area contributed by atoms with Gasteiger partial charge < -0.3 is 5.73 Å². The first-order valence-electron chi connectivity index (χ1n) is 5.49. The third-order valence-corrected chi connectivity index (χ3v) is 2.73. The highest BCUT2D eigenvalue weighted by molar-refractivity contribution is 7.80. The fourth-order valence-corrected chi connectivity index (χ4v) is 1.84. The Balaban J connectivity index is 2.71. The van der Waals surface area contributed by atoms with Crippen molar-refractivity contribution in [2.75, 3.05) is 0 Å². The zero-order chi connectivity index (χ0) is 15.1. The predicted octanol–water partition coefficient (Wildman–Crippen LogP) is 1.93. The Morgan fingerprint density at radius 2 is 1.90 bits per heavy atom. The van der Waals surface area contributed by atoms with Crippen molar-refractivity contribution in [3.8, 4) is 5.82 Å². The summed E-state index contributed by atoms with van der Waals surface area (Å²) in [6.07, 6.45) is -4.56. The molecule has 2 N–H and O–H groups in total. The molecule has 0 aromatic carbocycles. The van der Waals surface area contributed by atoms with E-state index >= 15 is 0 Å². The number of aromatic nitrogens is 4. The summed E-state index contributed by atoms with van der Waals surface area (Å²) in [6, 6.07) is 2.01. The molecule has 0 bridgehead atoms. The molecule has 0 aliphatic heterocycles. The maximum absolute atomic E-state index is 12.8. The summed E-state index contributed by atoms with van der Waals surface area (Å²) in [4.78, 5) is 7.54. The zero-order valence-corrected chi connectivity index (χ0v) is 11.4. The number of halogens is 3. The summed E-state index contributed by atoms with van der Waals surface area (Å²) >= 11 is 4.83. The molecule has 0 saturated carbocycles. The normalized spacial score (nSPS) is 11.7. The molecule has 0 amide bonds. The van der Waals surface area contributed by atoms with E-state index in [9.17, 15) is 13.2 Å². The number of alkyl halides is 3. The van der Waals surface area contributed by atoms with Gasteiger partial charge in [0.2, 0.25) is 0 Å². The van der Waals surface area contributed by atoms with Crippen LogP contribution in [0.25, 0.3) is 5.82 Å². The molecule has 106 valence electrons. The van der Waals surface area contributed by atoms with E-state index in [1.165, 1.54) is 10.7 Å². The van der Waals surface area contributed by atoms with Crippen LogP contribution in [-0.4, -0.2) is 24.7 Å². The molecular weight excluding hydrogens is 291 g/mol. The van der Waals surface area contributed by atoms with Crippen molar-refractivity contribution in [3.63, 3.8) is 0 Å². The van der Waals surface area contributed by atoms with E-state index in [4.69, 9.17) is 18.0 Å². The number of nitrogens with zero attached hydrogens (tertiary/aromatic N) is 4. The van der Waals surface area contributed by atoms with E-state index in [-0.39, 0.29) is 16.4 Å². The van der Waals surface area contributed by atoms with E-state index in [2.05, 4.69) is 15.1 Å². The van der Waals surface area contributed by atoms with Crippen LogP contribution in [0.1, 0.15) is 22.9 Å². The largest absolute Gasteiger partial charge is 0.433 e. The highest BCUT2D eigenvalue weighted by Crippen LogP contribution is 2.29. The summed E-state index contributed by atoms with van der Waals surface area (Å²) in [7, 11) is 0. The summed E-state index contributed by atoms with van der Waals surface area (Å²) in [6.45, 7) is 3.23. The van der Waals surface area contributed by atoms with Crippen LogP contribution in [-0.2, 0) is 6.18 Å². The molecule has 2 heterocycles. The summed E-state index contributed by atoms with van der Waals surface area (Å²) in [5, 5.41) is 4.01. The Morgan fingerprint density at radius 3 is 2.35 bits per heavy atom. The average molecular weight is 301 g/mol. The number of pyridine rings is 1. The Labute approximate surface area is 117 Å². The van der Waals surface area contributed by atoms with Crippen LogP contribution in [0.3, 0.4) is 0 Å². The van der Waals surface area contributed by atoms with Crippen LogP contribution in [0, 0.1) is 13.8 Å². The highest BCUT2D eigenvalue weighted by Gasteiger charge is 2.33. The van der Waals surface area contributed by atoms with Gasteiger partial charge in [-0.25, -0.2) is 9.97 Å². The minimum absolute atomic E-state index is 0.0613. The van der Waals surface area contributed by atoms with Crippen molar-refractivity contribution in [3.05, 3.63) is 35.0 Å². The maximum Gasteiger partial charge on any atom is 0.433 e. The van der Waals surface area contributed by atoms with Gasteiger partial charge in [0.05, 0.1) is 5.56 Å². The second kappa shape index (κ2) is 4.82. The van der Waals surface area contributed by atoms with Crippen LogP contribution < -0.4 is 5.73 Å². The second-order valence-electron chi connectivity index (χ2n) is 4.05. The summed E-state index contributed by atoms with van der Waals surface area (Å²) < 4.78 is 39.4. The quantitative estimate of drug-likeness (QED) is 0.858. The lowest BCUT2D eigenvalue weighted by molar-refractivity contribution is -0.141. The summed E-state index contributed by atoms with van der Waals surface area (Å²) in [5.41, 5.74) is 4.68. The van der Waals surface area contributed by atoms with Crippen LogP contribution >= 0.6 is 12.2 Å². The molecule has 0 fully saturated rings. The standard InChI is InChI=1S/C11H10F3N5S/c1-5-16-6(2)19(18-5)10-7(9(15)20)3-4-8(17-10)11(12,13)14/h3-4H,1-2H3,(H2,15,20). The van der Waals surface area contributed by atoms with E-state index in [0.717, 1.165) is 6.07 Å². The van der Waals surface area contributed by atoms with Crippen molar-refractivity contribution in [2.45, 2.75) is 20.0 Å². The van der Waals surface area contributed by atoms with Gasteiger partial charge in [0.25, 0.3) is 0 Å². The van der Waals surface area contributed by atoms with Crippen molar-refractivity contribution in [1.29, 1.82) is 0 Å². The third kappa shape index (κ3) is 2.62. The van der Waals surface area contributed by atoms with Crippen LogP contribution in [0.2, 0.25) is 0 Å². The Morgan fingerprint density at radius 1 is 1.25 bits per heavy atom. The number of hydrogen-bond donors (Lipinski definition) is 1. The summed E-state index contributed by atoms with van der Waals surface area (Å²) in [5.74, 6) is 0.729. The van der Waals surface area contributed by atoms with Gasteiger partial charge in [-0.05, 0) is 26.0 Å². The average Bonchev–Trinajstić information content (AvgIpc) is 2.66. The van der Waals surface area contributed by atoms with Gasteiger partial charge in [-0.1, -0.05) is 12.2 Å². The monoisotopic (exact) mass is 301 g/mol. The predicted molar refractivity (Wildman–Crippen MR) is 69.5 cm³/mol. The molecule has 5 nitrogen and oxygen atoms in total. The lowest BCUT2D eigenvalue weighted by Crippen LogP contribution is -2.19. The van der Waals surface area contributed by atoms with Gasteiger partial charge in [0.15, 0.2) is 5.82 Å². The van der Waals surface area contributed by atoms with Crippen LogP contribution in [0.4, 0.5) is 13.2 Å². The molecule has 0 radical (unpaired) electrons. The molecular formula is C11H10F3N5S. The molecule has 0 spiro atoms. The lowest BCUT2D eigenvalue weighted by atomic mass is 10.2. The first-order chi connectivity index (χ1) is 9.20. The number of nitrogens with two attached hydrogens (primary N) is 1. The third-order valence-electron chi connectivity index (χ3n) is 2.51. The van der Waals surface area contributed by atoms with Crippen molar-refractivity contribution in [1.82, 2.24) is 19.7 Å². The lowest BCUT2D eigenvalue weighted by Gasteiger charge is -2.12. The Bertz CT molecular complexity index is 677. The maximum atomic E-state index is 12.8. The Hall–Kier alpha value is -2.03. The molecule has 9 heteroatoms. The zero-order valence-electron chi connectivity index (χ0n) is 10.6. The first-order valence-corrected chi connectivity index (χ1v) is 5.89. The van der Waals surface area contributed by atoms with Crippen molar-refractivity contribution < 1.29 is 13.2 Å². The molecule has 0 unspecified atom stereocenters. The fourth-order valence-electron chi connectivity index (χ4n) is 1.68. The smallest absolute Gasteiger partial charge is 0.389 e. The topological polar surface area (TPSA) is 69.6 Å². The molecule has 0 aliphatic carbocycles. The van der Waals surface area contributed by atoms with Gasteiger partial charge in [0, 0.05) is 0 Å². The van der Waals surface area contributed by atoms with Gasteiger partial charge >= 0.3 is 6.18 Å². The van der Waals surface area contributed by atoms with E-state index in [0.29, 0.717) is 11.6 Å². The fraction of sp³-hybridized carbons (Fsp3) is 0.273. The number of hydrogen-bond acceptors (Lipinski definition) is 4. The molecule has 0 atom stereocenters. The molecule has 0 saturated heterocycles. The van der Waals surface area contributed by atoms with E-state index in [1.807, 2.05) is 0 Å². The first kappa shape index (κ1) is 14.4. The second-order valence-corrected chi connectivity index (χ2v) is 4.49. The van der Waals surface area contributed by atoms with E-state index in [1.54, 1.807) is 13.8 Å². The SMILES string of the molecule is Cc1nc(C)n(-c2nc(C(F)(F)F)ccc2C(N)=S)n1. The van der Waals surface area contributed by atoms with E-state index < -0.39 is 11.9 Å². The van der Waals surface area contributed by atoms with Gasteiger partial charge in [-0.3, -0.25) is 0 Å². The van der Waals surface area contributed by atoms with Crippen LogP contribution in [0.5, 0.6) is 0 Å². The minimum Gasteiger partial charge on any atom is -0.389 e.